The van der Waals surface area contributed by atoms with Crippen molar-refractivity contribution in [2.45, 2.75) is 70.9 Å². The molecular formula is C32H40F3N3O2S. The van der Waals surface area contributed by atoms with Gasteiger partial charge in [-0.2, -0.15) is 13.2 Å². The van der Waals surface area contributed by atoms with Gasteiger partial charge in [0.05, 0.1) is 19.2 Å². The van der Waals surface area contributed by atoms with Gasteiger partial charge in [-0.3, -0.25) is 4.79 Å². The lowest BCUT2D eigenvalue weighted by molar-refractivity contribution is -0.127. The van der Waals surface area contributed by atoms with Crippen molar-refractivity contribution in [1.82, 2.24) is 15.2 Å². The van der Waals surface area contributed by atoms with Gasteiger partial charge in [0.15, 0.2) is 0 Å². The number of piperidine rings is 1. The third-order valence-electron chi connectivity index (χ3n) is 7.75. The van der Waals surface area contributed by atoms with Gasteiger partial charge in [-0.25, -0.2) is 4.98 Å². The Morgan fingerprint density at radius 3 is 2.46 bits per heavy atom. The largest absolute Gasteiger partial charge is 0.496 e. The Bertz CT molecular complexity index is 1300. The highest BCUT2D eigenvalue weighted by Crippen LogP contribution is 2.36. The number of benzene rings is 2. The van der Waals surface area contributed by atoms with Gasteiger partial charge < -0.3 is 15.0 Å². The minimum atomic E-state index is -4.24. The number of carbonyl (C=O) groups excluding carboxylic acids is 1. The lowest BCUT2D eigenvalue weighted by atomic mass is 9.87. The molecule has 1 aliphatic rings. The van der Waals surface area contributed by atoms with Crippen LogP contribution >= 0.6 is 11.3 Å². The number of aryl methyl sites for hydroxylation is 1. The number of alkyl halides is 3. The van der Waals surface area contributed by atoms with E-state index in [2.05, 4.69) is 47.2 Å². The van der Waals surface area contributed by atoms with Crippen LogP contribution in [0.2, 0.25) is 0 Å². The molecule has 0 radical (unpaired) electrons. The average Bonchev–Trinajstić information content (AvgIpc) is 3.33. The number of unbranched alkanes of at least 4 members (excludes halogenated alkanes) is 1. The van der Waals surface area contributed by atoms with Crippen molar-refractivity contribution in [1.29, 1.82) is 0 Å². The zero-order valence-corrected chi connectivity index (χ0v) is 25.1. The van der Waals surface area contributed by atoms with Gasteiger partial charge in [0.1, 0.15) is 15.6 Å². The Hall–Kier alpha value is -2.91. The summed E-state index contributed by atoms with van der Waals surface area (Å²) in [5, 5.41) is 3.63. The van der Waals surface area contributed by atoms with Gasteiger partial charge >= 0.3 is 6.18 Å². The van der Waals surface area contributed by atoms with Crippen LogP contribution < -0.4 is 10.1 Å². The van der Waals surface area contributed by atoms with Crippen molar-refractivity contribution in [3.05, 3.63) is 69.7 Å². The average molecular weight is 588 g/mol. The molecule has 2 aromatic carbocycles. The van der Waals surface area contributed by atoms with E-state index in [1.807, 2.05) is 0 Å². The highest BCUT2D eigenvalue weighted by Gasteiger charge is 2.27. The van der Waals surface area contributed by atoms with Crippen molar-refractivity contribution in [3.8, 4) is 16.3 Å². The van der Waals surface area contributed by atoms with Gasteiger partial charge in [-0.15, -0.1) is 11.3 Å². The normalized spacial score (nSPS) is 14.9. The Morgan fingerprint density at radius 1 is 1.12 bits per heavy atom. The van der Waals surface area contributed by atoms with Crippen LogP contribution in [-0.2, 0) is 6.42 Å². The van der Waals surface area contributed by atoms with Gasteiger partial charge in [-0.1, -0.05) is 50.2 Å². The first-order valence-corrected chi connectivity index (χ1v) is 15.2. The number of hydrogen-bond donors (Lipinski definition) is 1. The van der Waals surface area contributed by atoms with Crippen molar-refractivity contribution < 1.29 is 22.7 Å². The molecule has 3 aromatic rings. The molecule has 1 N–H and O–H groups in total. The Labute approximate surface area is 245 Å². The molecule has 0 unspecified atom stereocenters. The number of methoxy groups -OCH3 is 1. The van der Waals surface area contributed by atoms with Crippen molar-refractivity contribution in [3.63, 3.8) is 0 Å². The summed E-state index contributed by atoms with van der Waals surface area (Å²) in [5.74, 6) is 1.85. The number of aromatic nitrogens is 1. The molecule has 0 aliphatic carbocycles. The molecule has 1 amide bonds. The summed E-state index contributed by atoms with van der Waals surface area (Å²) in [4.78, 5) is 20.3. The van der Waals surface area contributed by atoms with Crippen molar-refractivity contribution in [2.75, 3.05) is 33.3 Å². The smallest absolute Gasteiger partial charge is 0.393 e. The molecule has 1 saturated heterocycles. The van der Waals surface area contributed by atoms with Gasteiger partial charge in [0.25, 0.3) is 5.91 Å². The molecule has 4 rings (SSSR count). The molecule has 0 bridgehead atoms. The summed E-state index contributed by atoms with van der Waals surface area (Å²) >= 11 is 1.27. The summed E-state index contributed by atoms with van der Waals surface area (Å²) in [7, 11) is 1.76. The minimum absolute atomic E-state index is 0.154. The lowest BCUT2D eigenvalue weighted by Gasteiger charge is -2.33. The fraction of sp³-hybridized carbons (Fsp3) is 0.500. The number of nitrogens with zero attached hydrogens (tertiary/aromatic N) is 2. The maximum Gasteiger partial charge on any atom is 0.393 e. The predicted octanol–water partition coefficient (Wildman–Crippen LogP) is 7.74. The van der Waals surface area contributed by atoms with Crippen LogP contribution in [0.1, 0.15) is 83.4 Å². The number of likely N-dealkylation sites (tertiary alicyclic amines) is 1. The fourth-order valence-corrected chi connectivity index (χ4v) is 6.35. The maximum absolute atomic E-state index is 12.8. The van der Waals surface area contributed by atoms with E-state index < -0.39 is 12.6 Å². The van der Waals surface area contributed by atoms with Crippen LogP contribution in [0, 0.1) is 6.92 Å². The van der Waals surface area contributed by atoms with Crippen molar-refractivity contribution in [2.24, 2.45) is 0 Å². The zero-order valence-electron chi connectivity index (χ0n) is 24.3. The minimum Gasteiger partial charge on any atom is -0.496 e. The molecule has 9 heteroatoms. The first kappa shape index (κ1) is 31.0. The molecule has 2 heterocycles. The Morgan fingerprint density at radius 2 is 1.83 bits per heavy atom. The quantitative estimate of drug-likeness (QED) is 0.233. The van der Waals surface area contributed by atoms with Crippen LogP contribution in [0.3, 0.4) is 0 Å². The van der Waals surface area contributed by atoms with Gasteiger partial charge in [-0.05, 0) is 86.8 Å². The van der Waals surface area contributed by atoms with Gasteiger partial charge in [0, 0.05) is 12.1 Å². The molecule has 0 saturated carbocycles. The highest BCUT2D eigenvalue weighted by molar-refractivity contribution is 7.17. The van der Waals surface area contributed by atoms with E-state index in [1.165, 1.54) is 34.6 Å². The van der Waals surface area contributed by atoms with E-state index in [0.717, 1.165) is 51.1 Å². The molecule has 222 valence electrons. The van der Waals surface area contributed by atoms with E-state index in [-0.39, 0.29) is 11.5 Å². The number of ether oxygens (including phenoxy) is 1. The second kappa shape index (κ2) is 13.8. The summed E-state index contributed by atoms with van der Waals surface area (Å²) in [6.07, 6.45) is -1.07. The first-order chi connectivity index (χ1) is 19.5. The number of halogens is 3. The maximum atomic E-state index is 12.8. The number of hydrogen-bond acceptors (Lipinski definition) is 5. The summed E-state index contributed by atoms with van der Waals surface area (Å²) in [5.41, 5.74) is 4.16. The molecule has 1 aliphatic heterocycles. The topological polar surface area (TPSA) is 54.5 Å². The summed E-state index contributed by atoms with van der Waals surface area (Å²) in [6, 6.07) is 12.8. The third kappa shape index (κ3) is 8.55. The van der Waals surface area contributed by atoms with E-state index >= 15 is 0 Å². The standard InChI is InChI=1S/C32H40F3N3O2S/c1-21(2)26-11-12-27(28(19-26)40-4)24-13-17-38(18-14-24)16-6-5-15-36-30(39)29-22(3)37-31(41-29)25-9-7-23(8-10-25)20-32(33,34)35/h7-12,19,21,24H,5-6,13-18,20H2,1-4H3,(H,36,39). The lowest BCUT2D eigenvalue weighted by Crippen LogP contribution is -2.34. The number of thiazole rings is 1. The highest BCUT2D eigenvalue weighted by atomic mass is 32.1. The van der Waals surface area contributed by atoms with E-state index in [9.17, 15) is 18.0 Å². The first-order valence-electron chi connectivity index (χ1n) is 14.4. The van der Waals surface area contributed by atoms with Crippen LogP contribution in [0.5, 0.6) is 5.75 Å². The van der Waals surface area contributed by atoms with Crippen LogP contribution in [0.25, 0.3) is 10.6 Å². The SMILES string of the molecule is COc1cc(C(C)C)ccc1C1CCN(CCCCNC(=O)c2sc(-c3ccc(CC(F)(F)F)cc3)nc2C)CC1. The molecule has 0 atom stereocenters. The molecule has 1 fully saturated rings. The van der Waals surface area contributed by atoms with E-state index in [0.29, 0.717) is 39.5 Å². The second-order valence-electron chi connectivity index (χ2n) is 11.2. The van der Waals surface area contributed by atoms with Crippen molar-refractivity contribution >= 4 is 17.2 Å². The van der Waals surface area contributed by atoms with E-state index in [4.69, 9.17) is 4.74 Å². The number of amides is 1. The summed E-state index contributed by atoms with van der Waals surface area (Å²) in [6.45, 7) is 9.91. The predicted molar refractivity (Wildman–Crippen MR) is 159 cm³/mol. The Kier molecular flexibility index (Phi) is 10.5. The molecular weight excluding hydrogens is 547 g/mol. The third-order valence-corrected chi connectivity index (χ3v) is 8.95. The van der Waals surface area contributed by atoms with Crippen LogP contribution in [0.4, 0.5) is 13.2 Å². The number of nitrogens with one attached hydrogen (secondary N) is 1. The molecule has 1 aromatic heterocycles. The van der Waals surface area contributed by atoms with Crippen LogP contribution in [0.15, 0.2) is 42.5 Å². The monoisotopic (exact) mass is 587 g/mol. The van der Waals surface area contributed by atoms with Crippen LogP contribution in [-0.4, -0.2) is 55.3 Å². The number of carbonyl (C=O) groups is 1. The van der Waals surface area contributed by atoms with E-state index in [1.54, 1.807) is 26.2 Å². The second-order valence-corrected chi connectivity index (χ2v) is 12.2. The fourth-order valence-electron chi connectivity index (χ4n) is 5.36. The number of rotatable bonds is 11. The summed E-state index contributed by atoms with van der Waals surface area (Å²) < 4.78 is 43.6. The zero-order chi connectivity index (χ0) is 29.6. The molecule has 0 spiro atoms. The molecule has 41 heavy (non-hydrogen) atoms. The Balaban J connectivity index is 1.19. The van der Waals surface area contributed by atoms with Gasteiger partial charge in [0.2, 0.25) is 0 Å². The molecule has 5 nitrogen and oxygen atoms in total.